The zero-order chi connectivity index (χ0) is 17.4. The minimum atomic E-state index is -0.0988. The molecule has 3 aromatic rings. The smallest absolute Gasteiger partial charge is 0.232 e. The third-order valence-electron chi connectivity index (χ3n) is 4.33. The van der Waals surface area contributed by atoms with Gasteiger partial charge in [0, 0.05) is 24.8 Å². The van der Waals surface area contributed by atoms with Crippen molar-refractivity contribution >= 4 is 11.6 Å². The van der Waals surface area contributed by atoms with E-state index in [2.05, 4.69) is 21.2 Å². The fourth-order valence-corrected chi connectivity index (χ4v) is 3.23. The number of benzene rings is 1. The van der Waals surface area contributed by atoms with E-state index in [1.165, 1.54) is 0 Å². The van der Waals surface area contributed by atoms with Crippen LogP contribution >= 0.6 is 0 Å². The van der Waals surface area contributed by atoms with Crippen LogP contribution in [0.1, 0.15) is 29.4 Å². The molecular weight excluding hydrogens is 316 g/mol. The number of pyridine rings is 1. The first-order valence-electron chi connectivity index (χ1n) is 8.24. The summed E-state index contributed by atoms with van der Waals surface area (Å²) in [6.07, 6.45) is 2.06. The first-order valence-corrected chi connectivity index (χ1v) is 8.24. The van der Waals surface area contributed by atoms with Crippen molar-refractivity contribution in [2.75, 3.05) is 11.4 Å². The Morgan fingerprint density at radius 1 is 1.16 bits per heavy atom. The summed E-state index contributed by atoms with van der Waals surface area (Å²) in [4.78, 5) is 22.9. The summed E-state index contributed by atoms with van der Waals surface area (Å²) < 4.78 is 5.40. The number of nitrogens with zero attached hydrogens (tertiary/aromatic N) is 4. The Labute approximate surface area is 145 Å². The second-order valence-corrected chi connectivity index (χ2v) is 6.42. The molecule has 1 amide bonds. The fourth-order valence-electron chi connectivity index (χ4n) is 3.23. The molecule has 0 radical (unpaired) electrons. The molecule has 1 aromatic carbocycles. The van der Waals surface area contributed by atoms with Crippen LogP contribution in [0, 0.1) is 13.8 Å². The Morgan fingerprint density at radius 2 is 1.96 bits per heavy atom. The Balaban J connectivity index is 1.57. The molecule has 1 fully saturated rings. The van der Waals surface area contributed by atoms with Gasteiger partial charge in [-0.2, -0.15) is 4.98 Å². The lowest BCUT2D eigenvalue weighted by Gasteiger charge is -2.17. The number of rotatable bonds is 3. The van der Waals surface area contributed by atoms with E-state index in [4.69, 9.17) is 4.52 Å². The lowest BCUT2D eigenvalue weighted by molar-refractivity contribution is -0.117. The number of carbonyl (C=O) groups excluding carboxylic acids is 1. The van der Waals surface area contributed by atoms with Gasteiger partial charge in [-0.05, 0) is 49.2 Å². The average molecular weight is 334 g/mol. The zero-order valence-electron chi connectivity index (χ0n) is 14.1. The molecule has 3 heterocycles. The number of aryl methyl sites for hydroxylation is 2. The summed E-state index contributed by atoms with van der Waals surface area (Å²) in [7, 11) is 0. The molecule has 6 nitrogen and oxygen atoms in total. The molecule has 0 saturated carbocycles. The van der Waals surface area contributed by atoms with Gasteiger partial charge >= 0.3 is 0 Å². The molecule has 1 atom stereocenters. The summed E-state index contributed by atoms with van der Waals surface area (Å²) in [5.41, 5.74) is 3.87. The summed E-state index contributed by atoms with van der Waals surface area (Å²) >= 11 is 0. The fraction of sp³-hybridized carbons (Fsp3) is 0.263. The lowest BCUT2D eigenvalue weighted by atomic mass is 10.1. The van der Waals surface area contributed by atoms with Gasteiger partial charge in [0.2, 0.25) is 17.6 Å². The highest BCUT2D eigenvalue weighted by atomic mass is 16.5. The summed E-state index contributed by atoms with van der Waals surface area (Å²) in [5.74, 6) is 0.916. The van der Waals surface area contributed by atoms with Crippen LogP contribution in [0.25, 0.3) is 11.5 Å². The predicted molar refractivity (Wildman–Crippen MR) is 93.2 cm³/mol. The third-order valence-corrected chi connectivity index (χ3v) is 4.33. The number of hydrogen-bond acceptors (Lipinski definition) is 5. The molecule has 0 aliphatic carbocycles. The molecule has 1 unspecified atom stereocenters. The summed E-state index contributed by atoms with van der Waals surface area (Å²) in [6, 6.07) is 11.7. The normalized spacial score (nSPS) is 17.3. The van der Waals surface area contributed by atoms with E-state index in [1.807, 2.05) is 44.2 Å². The highest BCUT2D eigenvalue weighted by Crippen LogP contribution is 2.32. The maximum Gasteiger partial charge on any atom is 0.232 e. The Hall–Kier alpha value is -3.02. The molecule has 1 aliphatic heterocycles. The molecular formula is C19H18N4O2. The van der Waals surface area contributed by atoms with Crippen molar-refractivity contribution in [1.82, 2.24) is 15.1 Å². The Morgan fingerprint density at radius 3 is 2.68 bits per heavy atom. The van der Waals surface area contributed by atoms with Crippen molar-refractivity contribution in [3.05, 3.63) is 59.6 Å². The number of aromatic nitrogens is 3. The molecule has 2 aromatic heterocycles. The number of amides is 1. The molecule has 1 aliphatic rings. The molecule has 1 saturated heterocycles. The standard InChI is InChI=1S/C19H18N4O2/c1-12-7-13(2)9-15(8-12)23-11-14(10-17(23)24)19-21-18(22-25-19)16-5-3-4-6-20-16/h3-9,14H,10-11H2,1-2H3. The van der Waals surface area contributed by atoms with Gasteiger partial charge in [0.25, 0.3) is 0 Å². The highest BCUT2D eigenvalue weighted by Gasteiger charge is 2.35. The van der Waals surface area contributed by atoms with Gasteiger partial charge in [-0.1, -0.05) is 17.3 Å². The van der Waals surface area contributed by atoms with E-state index < -0.39 is 0 Å². The summed E-state index contributed by atoms with van der Waals surface area (Å²) in [5, 5.41) is 4.00. The maximum absolute atomic E-state index is 12.5. The monoisotopic (exact) mass is 334 g/mol. The molecule has 0 spiro atoms. The first kappa shape index (κ1) is 15.5. The first-order chi connectivity index (χ1) is 12.1. The highest BCUT2D eigenvalue weighted by molar-refractivity contribution is 5.96. The molecule has 126 valence electrons. The average Bonchev–Trinajstić information content (AvgIpc) is 3.21. The van der Waals surface area contributed by atoms with Crippen LogP contribution in [-0.4, -0.2) is 27.6 Å². The quantitative estimate of drug-likeness (QED) is 0.735. The molecule has 0 N–H and O–H groups in total. The van der Waals surface area contributed by atoms with E-state index >= 15 is 0 Å². The van der Waals surface area contributed by atoms with E-state index in [9.17, 15) is 4.79 Å². The minimum absolute atomic E-state index is 0.0765. The largest absolute Gasteiger partial charge is 0.339 e. The minimum Gasteiger partial charge on any atom is -0.339 e. The Kier molecular flexibility index (Phi) is 3.80. The van der Waals surface area contributed by atoms with Gasteiger partial charge in [-0.3, -0.25) is 9.78 Å². The zero-order valence-corrected chi connectivity index (χ0v) is 14.1. The Bertz CT molecular complexity index is 900. The molecule has 0 bridgehead atoms. The van der Waals surface area contributed by atoms with Crippen molar-refractivity contribution in [2.45, 2.75) is 26.2 Å². The number of hydrogen-bond donors (Lipinski definition) is 0. The van der Waals surface area contributed by atoms with Crippen molar-refractivity contribution in [3.63, 3.8) is 0 Å². The van der Waals surface area contributed by atoms with Gasteiger partial charge < -0.3 is 9.42 Å². The van der Waals surface area contributed by atoms with Crippen LogP contribution in [-0.2, 0) is 4.79 Å². The van der Waals surface area contributed by atoms with Gasteiger partial charge in [0.15, 0.2) is 0 Å². The van der Waals surface area contributed by atoms with Gasteiger partial charge in [0.05, 0.1) is 5.92 Å². The van der Waals surface area contributed by atoms with E-state index in [0.717, 1.165) is 16.8 Å². The van der Waals surface area contributed by atoms with Crippen LogP contribution in [0.4, 0.5) is 5.69 Å². The van der Waals surface area contributed by atoms with Crippen LogP contribution in [0.2, 0.25) is 0 Å². The maximum atomic E-state index is 12.5. The number of anilines is 1. The van der Waals surface area contributed by atoms with Crippen molar-refractivity contribution in [2.24, 2.45) is 0 Å². The van der Waals surface area contributed by atoms with Crippen LogP contribution in [0.3, 0.4) is 0 Å². The SMILES string of the molecule is Cc1cc(C)cc(N2CC(c3nc(-c4ccccn4)no3)CC2=O)c1. The van der Waals surface area contributed by atoms with Gasteiger partial charge in [0.1, 0.15) is 5.69 Å². The molecule has 6 heteroatoms. The predicted octanol–water partition coefficient (Wildman–Crippen LogP) is 3.27. The van der Waals surface area contributed by atoms with E-state index in [1.54, 1.807) is 11.1 Å². The van der Waals surface area contributed by atoms with Crippen LogP contribution in [0.5, 0.6) is 0 Å². The topological polar surface area (TPSA) is 72.1 Å². The van der Waals surface area contributed by atoms with Gasteiger partial charge in [-0.15, -0.1) is 0 Å². The lowest BCUT2D eigenvalue weighted by Crippen LogP contribution is -2.24. The van der Waals surface area contributed by atoms with Crippen LogP contribution in [0.15, 0.2) is 47.1 Å². The second-order valence-electron chi connectivity index (χ2n) is 6.42. The molecule has 4 rings (SSSR count). The summed E-state index contributed by atoms with van der Waals surface area (Å²) in [6.45, 7) is 4.61. The van der Waals surface area contributed by atoms with E-state index in [-0.39, 0.29) is 11.8 Å². The molecule has 25 heavy (non-hydrogen) atoms. The van der Waals surface area contributed by atoms with Crippen LogP contribution < -0.4 is 4.90 Å². The van der Waals surface area contributed by atoms with E-state index in [0.29, 0.717) is 30.4 Å². The number of carbonyl (C=O) groups is 1. The van der Waals surface area contributed by atoms with Gasteiger partial charge in [-0.25, -0.2) is 0 Å². The second kappa shape index (κ2) is 6.12. The third kappa shape index (κ3) is 3.03. The van der Waals surface area contributed by atoms with Crippen molar-refractivity contribution < 1.29 is 9.32 Å². The van der Waals surface area contributed by atoms with Crippen molar-refractivity contribution in [1.29, 1.82) is 0 Å². The van der Waals surface area contributed by atoms with Crippen molar-refractivity contribution in [3.8, 4) is 11.5 Å².